The first kappa shape index (κ1) is 22.1. The molecule has 0 radical (unpaired) electrons. The maximum Gasteiger partial charge on any atom is 0.490 e. The van der Waals surface area contributed by atoms with Crippen LogP contribution in [0, 0.1) is 5.82 Å². The summed E-state index contributed by atoms with van der Waals surface area (Å²) in [6.07, 6.45) is 3.53. The molecular formula is C18H19F4N5O2. The topological polar surface area (TPSA) is 85.0 Å². The van der Waals surface area contributed by atoms with Crippen LogP contribution in [0.15, 0.2) is 49.3 Å². The van der Waals surface area contributed by atoms with Crippen LogP contribution in [0.2, 0.25) is 0 Å². The summed E-state index contributed by atoms with van der Waals surface area (Å²) in [5, 5.41) is 10.5. The third-order valence-corrected chi connectivity index (χ3v) is 3.90. The molecule has 0 fully saturated rings. The summed E-state index contributed by atoms with van der Waals surface area (Å²) in [4.78, 5) is 17.1. The Hall–Kier alpha value is -3.21. The summed E-state index contributed by atoms with van der Waals surface area (Å²) in [6, 6.07) is 5.32. The molecule has 3 rings (SSSR count). The molecule has 0 aliphatic rings. The normalized spacial score (nSPS) is 12.2. The van der Waals surface area contributed by atoms with Crippen LogP contribution < -0.4 is 5.32 Å². The molecule has 7 nitrogen and oxygen atoms in total. The second-order valence-corrected chi connectivity index (χ2v) is 6.06. The minimum absolute atomic E-state index is 0.0939. The number of alkyl halides is 3. The van der Waals surface area contributed by atoms with Crippen molar-refractivity contribution < 1.29 is 27.5 Å². The van der Waals surface area contributed by atoms with E-state index in [1.165, 1.54) is 0 Å². The van der Waals surface area contributed by atoms with Crippen molar-refractivity contribution >= 4 is 5.97 Å². The van der Waals surface area contributed by atoms with E-state index in [-0.39, 0.29) is 11.9 Å². The molecule has 29 heavy (non-hydrogen) atoms. The Kier molecular flexibility index (Phi) is 7.10. The van der Waals surface area contributed by atoms with E-state index in [1.807, 2.05) is 30.8 Å². The number of carbonyl (C=O) groups is 1. The number of aryl methyl sites for hydroxylation is 1. The summed E-state index contributed by atoms with van der Waals surface area (Å²) in [7, 11) is 1.96. The number of aliphatic carboxylic acids is 1. The predicted octanol–water partition coefficient (Wildman–Crippen LogP) is 3.23. The van der Waals surface area contributed by atoms with Crippen molar-refractivity contribution in [1.82, 2.24) is 24.4 Å². The average Bonchev–Trinajstić information content (AvgIpc) is 3.31. The Morgan fingerprint density at radius 3 is 2.45 bits per heavy atom. The van der Waals surface area contributed by atoms with Gasteiger partial charge in [0.05, 0.1) is 18.1 Å². The number of imidazole rings is 2. The zero-order valence-corrected chi connectivity index (χ0v) is 15.6. The number of carboxylic acid groups (broad SMARTS) is 1. The fourth-order valence-electron chi connectivity index (χ4n) is 2.43. The van der Waals surface area contributed by atoms with Crippen molar-refractivity contribution in [2.45, 2.75) is 25.7 Å². The van der Waals surface area contributed by atoms with Gasteiger partial charge in [0.1, 0.15) is 11.6 Å². The van der Waals surface area contributed by atoms with Crippen molar-refractivity contribution in [2.75, 3.05) is 0 Å². The van der Waals surface area contributed by atoms with Gasteiger partial charge in [0.15, 0.2) is 0 Å². The molecule has 2 aromatic heterocycles. The second kappa shape index (κ2) is 9.32. The van der Waals surface area contributed by atoms with Gasteiger partial charge in [0.2, 0.25) is 0 Å². The number of nitrogens with one attached hydrogen (secondary N) is 1. The van der Waals surface area contributed by atoms with Crippen molar-refractivity contribution in [3.05, 3.63) is 66.5 Å². The van der Waals surface area contributed by atoms with Crippen LogP contribution in [-0.4, -0.2) is 36.4 Å². The third-order valence-electron chi connectivity index (χ3n) is 3.90. The van der Waals surface area contributed by atoms with Gasteiger partial charge in [0, 0.05) is 38.4 Å². The van der Waals surface area contributed by atoms with Crippen molar-refractivity contribution in [3.63, 3.8) is 0 Å². The van der Waals surface area contributed by atoms with E-state index in [9.17, 15) is 17.6 Å². The van der Waals surface area contributed by atoms with Gasteiger partial charge < -0.3 is 19.6 Å². The molecule has 3 aromatic rings. The zero-order valence-electron chi connectivity index (χ0n) is 15.6. The first-order valence-electron chi connectivity index (χ1n) is 8.37. The fourth-order valence-corrected chi connectivity index (χ4v) is 2.43. The molecule has 0 amide bonds. The van der Waals surface area contributed by atoms with Gasteiger partial charge in [-0.3, -0.25) is 0 Å². The molecular weight excluding hydrogens is 394 g/mol. The summed E-state index contributed by atoms with van der Waals surface area (Å²) in [5.74, 6) is -2.06. The molecule has 1 unspecified atom stereocenters. The average molecular weight is 413 g/mol. The molecule has 2 heterocycles. The van der Waals surface area contributed by atoms with Crippen LogP contribution in [0.4, 0.5) is 17.6 Å². The highest BCUT2D eigenvalue weighted by molar-refractivity contribution is 5.73. The van der Waals surface area contributed by atoms with E-state index in [0.717, 1.165) is 11.4 Å². The van der Waals surface area contributed by atoms with Crippen LogP contribution in [-0.2, 0) is 18.4 Å². The number of hydrogen-bond donors (Lipinski definition) is 2. The van der Waals surface area contributed by atoms with Gasteiger partial charge in [-0.25, -0.2) is 19.2 Å². The van der Waals surface area contributed by atoms with E-state index in [2.05, 4.69) is 15.3 Å². The third kappa shape index (κ3) is 6.14. The molecule has 11 heteroatoms. The van der Waals surface area contributed by atoms with Gasteiger partial charge in [0.25, 0.3) is 0 Å². The Balaban J connectivity index is 0.000000370. The minimum atomic E-state index is -5.08. The van der Waals surface area contributed by atoms with E-state index < -0.39 is 12.1 Å². The van der Waals surface area contributed by atoms with Gasteiger partial charge in [-0.05, 0) is 24.6 Å². The van der Waals surface area contributed by atoms with Crippen LogP contribution in [0.5, 0.6) is 0 Å². The summed E-state index contributed by atoms with van der Waals surface area (Å²) >= 11 is 0. The van der Waals surface area contributed by atoms with E-state index in [0.29, 0.717) is 12.2 Å². The number of halogens is 4. The first-order chi connectivity index (χ1) is 13.6. The monoisotopic (exact) mass is 413 g/mol. The molecule has 0 saturated carbocycles. The van der Waals surface area contributed by atoms with E-state index in [4.69, 9.17) is 9.90 Å². The largest absolute Gasteiger partial charge is 0.490 e. The summed E-state index contributed by atoms with van der Waals surface area (Å²) < 4.78 is 49.5. The van der Waals surface area contributed by atoms with E-state index >= 15 is 0 Å². The maximum atomic E-state index is 14.2. The van der Waals surface area contributed by atoms with E-state index in [1.54, 1.807) is 41.6 Å². The standard InChI is InChI=1S/C16H18FN5.C2HF3O2/c1-12(16-19-6-7-21(16)2)20-10-13-3-4-15(14(17)9-13)22-8-5-18-11-22;3-2(4,5)1(6)7/h3-9,11-12,20H,10H2,1-2H3;(H,6,7). The predicted molar refractivity (Wildman–Crippen MR) is 95.7 cm³/mol. The van der Waals surface area contributed by atoms with Crippen molar-refractivity contribution in [2.24, 2.45) is 7.05 Å². The second-order valence-electron chi connectivity index (χ2n) is 6.06. The molecule has 0 aliphatic carbocycles. The highest BCUT2D eigenvalue weighted by Gasteiger charge is 2.38. The van der Waals surface area contributed by atoms with Crippen LogP contribution in [0.3, 0.4) is 0 Å². The molecule has 1 aromatic carbocycles. The number of aromatic nitrogens is 4. The lowest BCUT2D eigenvalue weighted by atomic mass is 10.2. The van der Waals surface area contributed by atoms with Gasteiger partial charge in [-0.1, -0.05) is 6.07 Å². The van der Waals surface area contributed by atoms with Gasteiger partial charge >= 0.3 is 12.1 Å². The number of hydrogen-bond acceptors (Lipinski definition) is 4. The lowest BCUT2D eigenvalue weighted by molar-refractivity contribution is -0.192. The molecule has 0 aliphatic heterocycles. The summed E-state index contributed by atoms with van der Waals surface area (Å²) in [6.45, 7) is 2.62. The van der Waals surface area contributed by atoms with Gasteiger partial charge in [-0.2, -0.15) is 13.2 Å². The lowest BCUT2D eigenvalue weighted by Crippen LogP contribution is -2.21. The highest BCUT2D eigenvalue weighted by atomic mass is 19.4. The highest BCUT2D eigenvalue weighted by Crippen LogP contribution is 2.16. The van der Waals surface area contributed by atoms with Gasteiger partial charge in [-0.15, -0.1) is 0 Å². The smallest absolute Gasteiger partial charge is 0.475 e. The SMILES string of the molecule is CC(NCc1ccc(-n2ccnc2)c(F)c1)c1nccn1C.O=C(O)C(F)(F)F. The minimum Gasteiger partial charge on any atom is -0.475 e. The number of benzene rings is 1. The van der Waals surface area contributed by atoms with Crippen LogP contribution >= 0.6 is 0 Å². The Labute approximate surface area is 163 Å². The fraction of sp³-hybridized carbons (Fsp3) is 0.278. The lowest BCUT2D eigenvalue weighted by Gasteiger charge is -2.14. The Morgan fingerprint density at radius 1 is 1.28 bits per heavy atom. The quantitative estimate of drug-likeness (QED) is 0.628. The number of rotatable bonds is 5. The molecule has 2 N–H and O–H groups in total. The summed E-state index contributed by atoms with van der Waals surface area (Å²) in [5.41, 5.74) is 1.39. The molecule has 0 bridgehead atoms. The first-order valence-corrected chi connectivity index (χ1v) is 8.37. The molecule has 0 spiro atoms. The zero-order chi connectivity index (χ0) is 21.6. The number of carboxylic acids is 1. The number of nitrogens with zero attached hydrogens (tertiary/aromatic N) is 4. The molecule has 1 atom stereocenters. The maximum absolute atomic E-state index is 14.2. The van der Waals surface area contributed by atoms with Crippen molar-refractivity contribution in [3.8, 4) is 5.69 Å². The van der Waals surface area contributed by atoms with Crippen LogP contribution in [0.1, 0.15) is 24.4 Å². The van der Waals surface area contributed by atoms with Crippen LogP contribution in [0.25, 0.3) is 5.69 Å². The molecule has 0 saturated heterocycles. The Morgan fingerprint density at radius 2 is 1.97 bits per heavy atom. The Bertz CT molecular complexity index is 938. The molecule has 156 valence electrons. The van der Waals surface area contributed by atoms with Crippen molar-refractivity contribution in [1.29, 1.82) is 0 Å².